The number of hydrogen-bond donors (Lipinski definition) is 0. The molecule has 2 aromatic carbocycles. The van der Waals surface area contributed by atoms with Crippen LogP contribution >= 0.6 is 15.9 Å². The predicted molar refractivity (Wildman–Crippen MR) is 79.7 cm³/mol. The van der Waals surface area contributed by atoms with E-state index in [-0.39, 0.29) is 11.8 Å². The Kier molecular flexibility index (Phi) is 2.51. The Morgan fingerprint density at radius 1 is 1.05 bits per heavy atom. The minimum atomic E-state index is -0.155. The van der Waals surface area contributed by atoms with E-state index in [0.29, 0.717) is 23.6 Å². The zero-order valence-corrected chi connectivity index (χ0v) is 12.3. The van der Waals surface area contributed by atoms with Gasteiger partial charge in [0.1, 0.15) is 0 Å². The van der Waals surface area contributed by atoms with Gasteiger partial charge in [-0.25, -0.2) is 0 Å². The number of imide groups is 1. The maximum Gasteiger partial charge on any atom is 0.261 e. The van der Waals surface area contributed by atoms with Gasteiger partial charge in [0, 0.05) is 27.5 Å². The van der Waals surface area contributed by atoms with Gasteiger partial charge in [0.05, 0.1) is 0 Å². The summed E-state index contributed by atoms with van der Waals surface area (Å²) >= 11 is 3.49. The molecule has 2 amide bonds. The Balaban J connectivity index is 1.96. The standard InChI is InChI=1S/C16H12BrNO2/c17-13-7-6-12-14-10(13)2-1-3-11(14)15(19)18(16(12)20)8-9-4-5-9/h1-3,6-7,9H,4-5,8H2. The van der Waals surface area contributed by atoms with Crippen LogP contribution in [0.3, 0.4) is 0 Å². The van der Waals surface area contributed by atoms with E-state index in [1.54, 1.807) is 0 Å². The summed E-state index contributed by atoms with van der Waals surface area (Å²) in [5, 5.41) is 1.71. The maximum atomic E-state index is 12.6. The van der Waals surface area contributed by atoms with Gasteiger partial charge in [-0.1, -0.05) is 28.1 Å². The van der Waals surface area contributed by atoms with Gasteiger partial charge in [-0.15, -0.1) is 0 Å². The first-order chi connectivity index (χ1) is 9.66. The molecular weight excluding hydrogens is 318 g/mol. The van der Waals surface area contributed by atoms with Crippen molar-refractivity contribution in [2.24, 2.45) is 5.92 Å². The summed E-state index contributed by atoms with van der Waals surface area (Å²) in [6.45, 7) is 0.559. The number of hydrogen-bond acceptors (Lipinski definition) is 2. The summed E-state index contributed by atoms with van der Waals surface area (Å²) in [5.41, 5.74) is 1.28. The van der Waals surface area contributed by atoms with Crippen molar-refractivity contribution in [1.29, 1.82) is 0 Å². The molecule has 4 rings (SSSR count). The molecule has 0 unspecified atom stereocenters. The molecule has 2 aromatic rings. The number of benzene rings is 2. The monoisotopic (exact) mass is 329 g/mol. The van der Waals surface area contributed by atoms with E-state index in [1.807, 2.05) is 30.3 Å². The lowest BCUT2D eigenvalue weighted by molar-refractivity contribution is 0.0603. The minimum Gasteiger partial charge on any atom is -0.274 e. The van der Waals surface area contributed by atoms with E-state index in [4.69, 9.17) is 0 Å². The fourth-order valence-electron chi connectivity index (χ4n) is 2.84. The van der Waals surface area contributed by atoms with E-state index in [2.05, 4.69) is 15.9 Å². The highest BCUT2D eigenvalue weighted by atomic mass is 79.9. The van der Waals surface area contributed by atoms with Gasteiger partial charge in [-0.3, -0.25) is 14.5 Å². The van der Waals surface area contributed by atoms with Gasteiger partial charge in [0.25, 0.3) is 11.8 Å². The lowest BCUT2D eigenvalue weighted by Crippen LogP contribution is -2.41. The van der Waals surface area contributed by atoms with Crippen LogP contribution in [-0.2, 0) is 0 Å². The molecule has 1 aliphatic heterocycles. The minimum absolute atomic E-state index is 0.155. The number of rotatable bonds is 2. The lowest BCUT2D eigenvalue weighted by atomic mass is 9.94. The smallest absolute Gasteiger partial charge is 0.261 e. The molecule has 0 bridgehead atoms. The Hall–Kier alpha value is -1.68. The van der Waals surface area contributed by atoms with Crippen LogP contribution in [0.5, 0.6) is 0 Å². The molecule has 0 radical (unpaired) electrons. The molecular formula is C16H12BrNO2. The van der Waals surface area contributed by atoms with Crippen LogP contribution in [0.25, 0.3) is 10.8 Å². The summed E-state index contributed by atoms with van der Waals surface area (Å²) in [6, 6.07) is 9.31. The van der Waals surface area contributed by atoms with Gasteiger partial charge in [0.15, 0.2) is 0 Å². The maximum absolute atomic E-state index is 12.6. The van der Waals surface area contributed by atoms with Gasteiger partial charge in [-0.2, -0.15) is 0 Å². The third kappa shape index (κ3) is 1.64. The highest BCUT2D eigenvalue weighted by molar-refractivity contribution is 9.10. The molecule has 0 saturated heterocycles. The molecule has 100 valence electrons. The number of nitrogens with zero attached hydrogens (tertiary/aromatic N) is 1. The van der Waals surface area contributed by atoms with Gasteiger partial charge in [0.2, 0.25) is 0 Å². The number of carbonyl (C=O) groups is 2. The Labute approximate surface area is 124 Å². The number of halogens is 1. The van der Waals surface area contributed by atoms with Crippen LogP contribution < -0.4 is 0 Å². The second-order valence-electron chi connectivity index (χ2n) is 5.49. The molecule has 1 fully saturated rings. The van der Waals surface area contributed by atoms with Crippen LogP contribution in [0, 0.1) is 5.92 Å². The number of carbonyl (C=O) groups excluding carboxylic acids is 2. The van der Waals surface area contributed by atoms with E-state index in [0.717, 1.165) is 28.1 Å². The average Bonchev–Trinajstić information content (AvgIpc) is 3.26. The third-order valence-corrected chi connectivity index (χ3v) is 4.77. The lowest BCUT2D eigenvalue weighted by Gasteiger charge is -2.27. The van der Waals surface area contributed by atoms with Crippen molar-refractivity contribution in [2.75, 3.05) is 6.54 Å². The molecule has 1 heterocycles. The molecule has 0 atom stereocenters. The fourth-order valence-corrected chi connectivity index (χ4v) is 3.30. The van der Waals surface area contributed by atoms with Gasteiger partial charge in [-0.05, 0) is 42.3 Å². The zero-order chi connectivity index (χ0) is 13.9. The Morgan fingerprint density at radius 3 is 2.45 bits per heavy atom. The molecule has 0 N–H and O–H groups in total. The molecule has 0 spiro atoms. The quantitative estimate of drug-likeness (QED) is 0.789. The van der Waals surface area contributed by atoms with Crippen LogP contribution in [0.2, 0.25) is 0 Å². The summed E-state index contributed by atoms with van der Waals surface area (Å²) < 4.78 is 0.911. The molecule has 20 heavy (non-hydrogen) atoms. The molecule has 0 aromatic heterocycles. The summed E-state index contributed by atoms with van der Waals surface area (Å²) in [6.07, 6.45) is 2.24. The number of amides is 2. The predicted octanol–water partition coefficient (Wildman–Crippen LogP) is 3.61. The largest absolute Gasteiger partial charge is 0.274 e. The normalized spacial score (nSPS) is 17.9. The molecule has 2 aliphatic rings. The summed E-state index contributed by atoms with van der Waals surface area (Å²) in [4.78, 5) is 26.6. The van der Waals surface area contributed by atoms with E-state index >= 15 is 0 Å². The summed E-state index contributed by atoms with van der Waals surface area (Å²) in [7, 11) is 0. The highest BCUT2D eigenvalue weighted by Gasteiger charge is 2.36. The molecule has 1 aliphatic carbocycles. The first-order valence-electron chi connectivity index (χ1n) is 6.74. The van der Waals surface area contributed by atoms with Crippen molar-refractivity contribution in [3.8, 4) is 0 Å². The van der Waals surface area contributed by atoms with E-state index in [1.165, 1.54) is 4.90 Å². The first kappa shape index (κ1) is 12.1. The molecule has 1 saturated carbocycles. The zero-order valence-electron chi connectivity index (χ0n) is 10.7. The van der Waals surface area contributed by atoms with Crippen LogP contribution in [0.15, 0.2) is 34.8 Å². The average molecular weight is 330 g/mol. The topological polar surface area (TPSA) is 37.4 Å². The second-order valence-corrected chi connectivity index (χ2v) is 6.34. The third-order valence-electron chi connectivity index (χ3n) is 4.08. The Bertz CT molecular complexity index is 742. The first-order valence-corrected chi connectivity index (χ1v) is 7.53. The van der Waals surface area contributed by atoms with Crippen molar-refractivity contribution >= 4 is 38.5 Å². The van der Waals surface area contributed by atoms with Crippen molar-refractivity contribution in [1.82, 2.24) is 4.90 Å². The van der Waals surface area contributed by atoms with Crippen LogP contribution in [0.4, 0.5) is 0 Å². The van der Waals surface area contributed by atoms with Crippen molar-refractivity contribution in [2.45, 2.75) is 12.8 Å². The van der Waals surface area contributed by atoms with Gasteiger partial charge >= 0.3 is 0 Å². The fraction of sp³-hybridized carbons (Fsp3) is 0.250. The molecule has 4 heteroatoms. The van der Waals surface area contributed by atoms with Crippen molar-refractivity contribution < 1.29 is 9.59 Å². The van der Waals surface area contributed by atoms with Crippen molar-refractivity contribution in [3.05, 3.63) is 45.9 Å². The van der Waals surface area contributed by atoms with Crippen LogP contribution in [-0.4, -0.2) is 23.3 Å². The van der Waals surface area contributed by atoms with E-state index in [9.17, 15) is 9.59 Å². The SMILES string of the molecule is O=C1c2cccc3c(Br)ccc(c23)C(=O)N1CC1CC1. The highest BCUT2D eigenvalue weighted by Crippen LogP contribution is 2.36. The van der Waals surface area contributed by atoms with Gasteiger partial charge < -0.3 is 0 Å². The van der Waals surface area contributed by atoms with E-state index < -0.39 is 0 Å². The van der Waals surface area contributed by atoms with Crippen molar-refractivity contribution in [3.63, 3.8) is 0 Å². The van der Waals surface area contributed by atoms with Crippen LogP contribution in [0.1, 0.15) is 33.6 Å². The second kappa shape index (κ2) is 4.16. The Morgan fingerprint density at radius 2 is 1.75 bits per heavy atom. The molecule has 3 nitrogen and oxygen atoms in total. The summed E-state index contributed by atoms with van der Waals surface area (Å²) in [5.74, 6) is 0.190.